The second kappa shape index (κ2) is 13.4. The Morgan fingerprint density at radius 1 is 0.333 bits per heavy atom. The fourth-order valence-corrected chi connectivity index (χ4v) is 8.20. The van der Waals surface area contributed by atoms with Crippen molar-refractivity contribution in [3.8, 4) is 39.1 Å². The van der Waals surface area contributed by atoms with Crippen molar-refractivity contribution in [3.63, 3.8) is 0 Å². The lowest BCUT2D eigenvalue weighted by molar-refractivity contribution is 1.18. The third-order valence-corrected chi connectivity index (χ3v) is 10.6. The lowest BCUT2D eigenvalue weighted by Crippen LogP contribution is -2.12. The highest BCUT2D eigenvalue weighted by atomic mass is 15.1. The SMILES string of the molecule is c1ccc(-c2ccccc2-c2c(-c3ccccc3)cccc2N(c2ccc3c(c2)c2ccccc2n3-c2ccccc2)c2cccc3ccccc23)cc1. The molecule has 0 spiro atoms. The van der Waals surface area contributed by atoms with E-state index in [1.54, 1.807) is 0 Å². The van der Waals surface area contributed by atoms with Crippen LogP contribution in [0.25, 0.3) is 71.6 Å². The average Bonchev–Trinajstić information content (AvgIpc) is 3.58. The van der Waals surface area contributed by atoms with E-state index in [9.17, 15) is 0 Å². The summed E-state index contributed by atoms with van der Waals surface area (Å²) in [5.74, 6) is 0. The normalized spacial score (nSPS) is 11.3. The molecular weight excluding hydrogens is 653 g/mol. The Hall–Kier alpha value is -7.16. The molecule has 0 aliphatic heterocycles. The zero-order valence-electron chi connectivity index (χ0n) is 29.7. The van der Waals surface area contributed by atoms with Crippen LogP contribution in [0.15, 0.2) is 218 Å². The first kappa shape index (κ1) is 31.6. The molecule has 0 N–H and O–H groups in total. The molecular formula is C52H36N2. The number of hydrogen-bond donors (Lipinski definition) is 0. The second-order valence-corrected chi connectivity index (χ2v) is 13.7. The zero-order chi connectivity index (χ0) is 35.8. The Kier molecular flexibility index (Phi) is 7.85. The van der Waals surface area contributed by atoms with Gasteiger partial charge in [-0.1, -0.05) is 170 Å². The summed E-state index contributed by atoms with van der Waals surface area (Å²) in [5, 5.41) is 4.83. The Bertz CT molecular complexity index is 2920. The molecule has 10 rings (SSSR count). The van der Waals surface area contributed by atoms with E-state index in [0.717, 1.165) is 22.7 Å². The summed E-state index contributed by atoms with van der Waals surface area (Å²) in [4.78, 5) is 2.49. The van der Waals surface area contributed by atoms with E-state index in [1.807, 2.05) is 0 Å². The van der Waals surface area contributed by atoms with Gasteiger partial charge in [0.1, 0.15) is 0 Å². The molecule has 254 valence electrons. The van der Waals surface area contributed by atoms with E-state index < -0.39 is 0 Å². The molecule has 2 heteroatoms. The highest BCUT2D eigenvalue weighted by Gasteiger charge is 2.24. The first-order valence-corrected chi connectivity index (χ1v) is 18.5. The first-order chi connectivity index (χ1) is 26.8. The Morgan fingerprint density at radius 2 is 0.870 bits per heavy atom. The van der Waals surface area contributed by atoms with Crippen LogP contribution in [0.2, 0.25) is 0 Å². The summed E-state index contributed by atoms with van der Waals surface area (Å²) in [7, 11) is 0. The number of anilines is 3. The first-order valence-electron chi connectivity index (χ1n) is 18.5. The van der Waals surface area contributed by atoms with Gasteiger partial charge in [-0.3, -0.25) is 0 Å². The van der Waals surface area contributed by atoms with Crippen molar-refractivity contribution < 1.29 is 0 Å². The van der Waals surface area contributed by atoms with Gasteiger partial charge in [0.2, 0.25) is 0 Å². The lowest BCUT2D eigenvalue weighted by atomic mass is 9.87. The summed E-state index contributed by atoms with van der Waals surface area (Å²) in [6.07, 6.45) is 0. The molecule has 0 aliphatic rings. The van der Waals surface area contributed by atoms with Gasteiger partial charge in [-0.05, 0) is 81.7 Å². The van der Waals surface area contributed by atoms with E-state index in [4.69, 9.17) is 0 Å². The molecule has 10 aromatic rings. The lowest BCUT2D eigenvalue weighted by Gasteiger charge is -2.31. The van der Waals surface area contributed by atoms with E-state index >= 15 is 0 Å². The maximum absolute atomic E-state index is 2.49. The van der Waals surface area contributed by atoms with Crippen molar-refractivity contribution in [1.29, 1.82) is 0 Å². The molecule has 0 unspecified atom stereocenters. The number of rotatable bonds is 7. The van der Waals surface area contributed by atoms with Crippen LogP contribution in [-0.2, 0) is 0 Å². The smallest absolute Gasteiger partial charge is 0.0546 e. The van der Waals surface area contributed by atoms with E-state index in [0.29, 0.717) is 0 Å². The molecule has 1 heterocycles. The monoisotopic (exact) mass is 688 g/mol. The molecule has 0 fully saturated rings. The minimum Gasteiger partial charge on any atom is -0.309 e. The van der Waals surface area contributed by atoms with Crippen molar-refractivity contribution in [2.45, 2.75) is 0 Å². The van der Waals surface area contributed by atoms with Crippen molar-refractivity contribution in [1.82, 2.24) is 4.57 Å². The summed E-state index contributed by atoms with van der Waals surface area (Å²) in [6.45, 7) is 0. The quantitative estimate of drug-likeness (QED) is 0.162. The van der Waals surface area contributed by atoms with E-state index in [1.165, 1.54) is 66.0 Å². The Labute approximate surface area is 315 Å². The van der Waals surface area contributed by atoms with Gasteiger partial charge in [0, 0.05) is 33.1 Å². The molecule has 0 aliphatic carbocycles. The topological polar surface area (TPSA) is 8.17 Å². The highest BCUT2D eigenvalue weighted by Crippen LogP contribution is 2.49. The van der Waals surface area contributed by atoms with Crippen molar-refractivity contribution in [2.24, 2.45) is 0 Å². The van der Waals surface area contributed by atoms with Gasteiger partial charge in [0.05, 0.1) is 22.4 Å². The van der Waals surface area contributed by atoms with Gasteiger partial charge in [-0.2, -0.15) is 0 Å². The van der Waals surface area contributed by atoms with Crippen LogP contribution in [0.4, 0.5) is 17.1 Å². The molecule has 1 aromatic heterocycles. The minimum absolute atomic E-state index is 1.10. The summed E-state index contributed by atoms with van der Waals surface area (Å²) >= 11 is 0. The van der Waals surface area contributed by atoms with Gasteiger partial charge >= 0.3 is 0 Å². The zero-order valence-corrected chi connectivity index (χ0v) is 29.7. The van der Waals surface area contributed by atoms with Crippen LogP contribution < -0.4 is 4.90 Å². The van der Waals surface area contributed by atoms with E-state index in [2.05, 4.69) is 228 Å². The Balaban J connectivity index is 1.31. The van der Waals surface area contributed by atoms with Crippen LogP contribution >= 0.6 is 0 Å². The van der Waals surface area contributed by atoms with Gasteiger partial charge in [0.25, 0.3) is 0 Å². The summed E-state index contributed by atoms with van der Waals surface area (Å²) in [5.41, 5.74) is 14.0. The third-order valence-electron chi connectivity index (χ3n) is 10.6. The molecule has 0 bridgehead atoms. The number of para-hydroxylation sites is 2. The average molecular weight is 689 g/mol. The van der Waals surface area contributed by atoms with Crippen molar-refractivity contribution in [2.75, 3.05) is 4.90 Å². The van der Waals surface area contributed by atoms with Gasteiger partial charge < -0.3 is 9.47 Å². The fraction of sp³-hybridized carbons (Fsp3) is 0. The number of aromatic nitrogens is 1. The molecule has 0 atom stereocenters. The predicted octanol–water partition coefficient (Wildman–Crippen LogP) is 14.4. The van der Waals surface area contributed by atoms with Gasteiger partial charge in [0.15, 0.2) is 0 Å². The standard InChI is InChI=1S/C52H36N2/c1-4-18-37(19-5-1)42-26-12-13-29-46(42)52-44(39-20-6-2-7-21-39)30-17-33-51(52)54(48-32-16-23-38-22-10-11-27-43(38)48)41-34-35-50-47(36-41)45-28-14-15-31-49(45)53(50)40-24-8-3-9-25-40/h1-36H. The largest absolute Gasteiger partial charge is 0.309 e. The van der Waals surface area contributed by atoms with Crippen LogP contribution in [0.3, 0.4) is 0 Å². The second-order valence-electron chi connectivity index (χ2n) is 13.7. The van der Waals surface area contributed by atoms with Crippen LogP contribution in [0.5, 0.6) is 0 Å². The summed E-state index contributed by atoms with van der Waals surface area (Å²) in [6, 6.07) is 79.0. The Morgan fingerprint density at radius 3 is 1.65 bits per heavy atom. The molecule has 2 nitrogen and oxygen atoms in total. The molecule has 0 amide bonds. The molecule has 54 heavy (non-hydrogen) atoms. The van der Waals surface area contributed by atoms with E-state index in [-0.39, 0.29) is 0 Å². The number of benzene rings is 9. The minimum atomic E-state index is 1.10. The predicted molar refractivity (Wildman–Crippen MR) is 229 cm³/mol. The maximum atomic E-state index is 2.49. The molecule has 0 radical (unpaired) electrons. The maximum Gasteiger partial charge on any atom is 0.0546 e. The van der Waals surface area contributed by atoms with Crippen LogP contribution in [0, 0.1) is 0 Å². The third kappa shape index (κ3) is 5.36. The molecule has 0 saturated carbocycles. The van der Waals surface area contributed by atoms with Crippen LogP contribution in [0.1, 0.15) is 0 Å². The van der Waals surface area contributed by atoms with Gasteiger partial charge in [-0.25, -0.2) is 0 Å². The molecule has 9 aromatic carbocycles. The number of fused-ring (bicyclic) bond motifs is 4. The van der Waals surface area contributed by atoms with Crippen molar-refractivity contribution >= 4 is 49.6 Å². The highest BCUT2D eigenvalue weighted by molar-refractivity contribution is 6.12. The number of nitrogens with zero attached hydrogens (tertiary/aromatic N) is 2. The van der Waals surface area contributed by atoms with Crippen LogP contribution in [-0.4, -0.2) is 4.57 Å². The van der Waals surface area contributed by atoms with Crippen molar-refractivity contribution in [3.05, 3.63) is 218 Å². The fourth-order valence-electron chi connectivity index (χ4n) is 8.20. The molecule has 0 saturated heterocycles. The van der Waals surface area contributed by atoms with Gasteiger partial charge in [-0.15, -0.1) is 0 Å². The number of hydrogen-bond acceptors (Lipinski definition) is 1. The summed E-state index contributed by atoms with van der Waals surface area (Å²) < 4.78 is 2.38.